The van der Waals surface area contributed by atoms with Crippen molar-refractivity contribution in [1.29, 1.82) is 0 Å². The molecule has 0 saturated carbocycles. The number of nitrogens with one attached hydrogen (secondary N) is 1. The van der Waals surface area contributed by atoms with Crippen LogP contribution >= 0.6 is 0 Å². The summed E-state index contributed by atoms with van der Waals surface area (Å²) in [5, 5.41) is 3.69. The van der Waals surface area contributed by atoms with Gasteiger partial charge in [0.05, 0.1) is 6.10 Å². The van der Waals surface area contributed by atoms with Gasteiger partial charge in [0.25, 0.3) is 0 Å². The van der Waals surface area contributed by atoms with Crippen LogP contribution in [-0.4, -0.2) is 25.2 Å². The van der Waals surface area contributed by atoms with Gasteiger partial charge in [-0.1, -0.05) is 91.0 Å². The van der Waals surface area contributed by atoms with E-state index < -0.39 is 0 Å². The van der Waals surface area contributed by atoms with Crippen molar-refractivity contribution in [3.8, 4) is 0 Å². The highest BCUT2D eigenvalue weighted by molar-refractivity contribution is 6.65. The van der Waals surface area contributed by atoms with Crippen LogP contribution in [0.25, 0.3) is 0 Å². The van der Waals surface area contributed by atoms with Gasteiger partial charge in [-0.3, -0.25) is 0 Å². The van der Waals surface area contributed by atoms with Crippen molar-refractivity contribution in [2.45, 2.75) is 37.5 Å². The molecule has 3 aromatic rings. The molecule has 4 heteroatoms. The number of hydrogen-bond donors (Lipinski definition) is 2. The quantitative estimate of drug-likeness (QED) is 0.656. The van der Waals surface area contributed by atoms with Gasteiger partial charge >= 0.3 is 7.05 Å². The maximum Gasteiger partial charge on any atom is 0.416 e. The summed E-state index contributed by atoms with van der Waals surface area (Å²) in [6.07, 6.45) is 2.72. The Morgan fingerprint density at radius 1 is 0.857 bits per heavy atom. The van der Waals surface area contributed by atoms with Crippen LogP contribution in [0.1, 0.15) is 17.5 Å². The van der Waals surface area contributed by atoms with Crippen molar-refractivity contribution >= 4 is 12.5 Å². The van der Waals surface area contributed by atoms with Crippen LogP contribution in [0.4, 0.5) is 0 Å². The third kappa shape index (κ3) is 4.90. The summed E-state index contributed by atoms with van der Waals surface area (Å²) >= 11 is 0. The molecule has 3 aromatic carbocycles. The van der Waals surface area contributed by atoms with Gasteiger partial charge in [-0.2, -0.15) is 0 Å². The summed E-state index contributed by atoms with van der Waals surface area (Å²) in [6.45, 7) is 0. The van der Waals surface area contributed by atoms with Gasteiger partial charge in [-0.15, -0.1) is 0 Å². The predicted octanol–water partition coefficient (Wildman–Crippen LogP) is 2.94. The second-order valence-corrected chi connectivity index (χ2v) is 7.61. The van der Waals surface area contributed by atoms with Crippen LogP contribution in [0.5, 0.6) is 0 Å². The van der Waals surface area contributed by atoms with Crippen LogP contribution in [0, 0.1) is 0 Å². The summed E-state index contributed by atoms with van der Waals surface area (Å²) in [6, 6.07) is 31.7. The molecule has 1 aliphatic rings. The lowest BCUT2D eigenvalue weighted by atomic mass is 9.69. The Morgan fingerprint density at radius 2 is 1.43 bits per heavy atom. The highest BCUT2D eigenvalue weighted by atomic mass is 16.5. The number of benzene rings is 3. The molecular weight excluding hydrogens is 343 g/mol. The van der Waals surface area contributed by atoms with Crippen molar-refractivity contribution < 1.29 is 4.65 Å². The average Bonchev–Trinajstić information content (AvgIpc) is 2.75. The van der Waals surface area contributed by atoms with E-state index in [0.717, 1.165) is 24.7 Å². The molecule has 0 bridgehead atoms. The zero-order valence-corrected chi connectivity index (χ0v) is 16.1. The van der Waals surface area contributed by atoms with Gasteiger partial charge in [0.1, 0.15) is 0 Å². The lowest BCUT2D eigenvalue weighted by Crippen LogP contribution is -2.62. The molecule has 28 heavy (non-hydrogen) atoms. The van der Waals surface area contributed by atoms with Gasteiger partial charge < -0.3 is 15.6 Å². The van der Waals surface area contributed by atoms with Crippen LogP contribution in [-0.2, 0) is 17.5 Å². The monoisotopic (exact) mass is 370 g/mol. The Kier molecular flexibility index (Phi) is 6.22. The van der Waals surface area contributed by atoms with Gasteiger partial charge in [-0.25, -0.2) is 0 Å². The fraction of sp³-hybridized carbons (Fsp3) is 0.250. The summed E-state index contributed by atoms with van der Waals surface area (Å²) in [5.74, 6) is 0. The van der Waals surface area contributed by atoms with E-state index in [1.54, 1.807) is 0 Å². The van der Waals surface area contributed by atoms with Gasteiger partial charge in [0, 0.05) is 12.1 Å². The molecule has 1 fully saturated rings. The van der Waals surface area contributed by atoms with E-state index in [1.165, 1.54) is 11.1 Å². The summed E-state index contributed by atoms with van der Waals surface area (Å²) in [4.78, 5) is 0. The molecule has 1 aliphatic heterocycles. The third-order valence-electron chi connectivity index (χ3n) is 5.43. The number of hydrogen-bond acceptors (Lipinski definition) is 3. The summed E-state index contributed by atoms with van der Waals surface area (Å²) in [5.41, 5.74) is 10.4. The molecule has 0 aliphatic carbocycles. The van der Waals surface area contributed by atoms with E-state index in [-0.39, 0.29) is 19.2 Å². The number of rotatable bonds is 6. The topological polar surface area (TPSA) is 47.3 Å². The fourth-order valence-corrected chi connectivity index (χ4v) is 3.97. The van der Waals surface area contributed by atoms with Crippen molar-refractivity contribution in [3.05, 3.63) is 102 Å². The predicted molar refractivity (Wildman–Crippen MR) is 117 cm³/mol. The second-order valence-electron chi connectivity index (χ2n) is 7.61. The van der Waals surface area contributed by atoms with Crippen LogP contribution in [0.2, 0.25) is 0 Å². The van der Waals surface area contributed by atoms with Crippen molar-refractivity contribution in [2.24, 2.45) is 5.73 Å². The maximum atomic E-state index is 6.62. The molecule has 0 radical (unpaired) electrons. The first-order chi connectivity index (χ1) is 13.8. The maximum absolute atomic E-state index is 6.62. The van der Waals surface area contributed by atoms with Gasteiger partial charge in [0.2, 0.25) is 0 Å². The van der Waals surface area contributed by atoms with E-state index in [2.05, 4.69) is 84.1 Å². The lowest BCUT2D eigenvalue weighted by Gasteiger charge is -2.38. The molecule has 3 unspecified atom stereocenters. The molecule has 3 nitrogen and oxygen atoms in total. The zero-order valence-electron chi connectivity index (χ0n) is 16.1. The molecular formula is C24H27BN2O. The Bertz CT molecular complexity index is 844. The highest BCUT2D eigenvalue weighted by Gasteiger charge is 2.36. The molecule has 1 heterocycles. The molecule has 3 atom stereocenters. The van der Waals surface area contributed by atoms with Crippen molar-refractivity contribution in [2.75, 3.05) is 0 Å². The van der Waals surface area contributed by atoms with Gasteiger partial charge in [0.15, 0.2) is 0 Å². The van der Waals surface area contributed by atoms with Crippen LogP contribution < -0.4 is 16.4 Å². The van der Waals surface area contributed by atoms with E-state index in [0.29, 0.717) is 6.04 Å². The zero-order chi connectivity index (χ0) is 19.2. The first-order valence-corrected chi connectivity index (χ1v) is 10.1. The van der Waals surface area contributed by atoms with E-state index in [9.17, 15) is 0 Å². The molecule has 0 aromatic heterocycles. The van der Waals surface area contributed by atoms with Crippen LogP contribution in [0.15, 0.2) is 91.0 Å². The molecule has 0 amide bonds. The first kappa shape index (κ1) is 18.9. The lowest BCUT2D eigenvalue weighted by molar-refractivity contribution is 0.122. The largest absolute Gasteiger partial charge is 0.416 e. The summed E-state index contributed by atoms with van der Waals surface area (Å²) < 4.78 is 6.44. The SMILES string of the molecule is NC(Cc1ccccc1)C1CC(Cc2ccccc2)NB(c2ccccc2)O1. The van der Waals surface area contributed by atoms with E-state index >= 15 is 0 Å². The van der Waals surface area contributed by atoms with Gasteiger partial charge in [-0.05, 0) is 35.9 Å². The Hall–Kier alpha value is -2.40. The summed E-state index contributed by atoms with van der Waals surface area (Å²) in [7, 11) is -0.129. The highest BCUT2D eigenvalue weighted by Crippen LogP contribution is 2.19. The Morgan fingerprint density at radius 3 is 2.07 bits per heavy atom. The minimum Gasteiger partial charge on any atom is -0.413 e. The first-order valence-electron chi connectivity index (χ1n) is 10.1. The Labute approximate surface area is 168 Å². The minimum atomic E-state index is -0.129. The third-order valence-corrected chi connectivity index (χ3v) is 5.43. The fourth-order valence-electron chi connectivity index (χ4n) is 3.97. The smallest absolute Gasteiger partial charge is 0.413 e. The molecule has 1 saturated heterocycles. The molecule has 142 valence electrons. The molecule has 0 spiro atoms. The second kappa shape index (κ2) is 9.20. The standard InChI is InChI=1S/C24H27BN2O/c26-23(17-20-12-6-2-7-13-20)24-18-22(16-19-10-4-1-5-11-19)27-25(28-24)21-14-8-3-9-15-21/h1-15,22-24,27H,16-18,26H2. The normalized spacial score (nSPS) is 20.7. The van der Waals surface area contributed by atoms with Crippen molar-refractivity contribution in [1.82, 2.24) is 5.23 Å². The Balaban J connectivity index is 1.51. The van der Waals surface area contributed by atoms with E-state index in [4.69, 9.17) is 10.4 Å². The van der Waals surface area contributed by atoms with Crippen molar-refractivity contribution in [3.63, 3.8) is 0 Å². The minimum absolute atomic E-state index is 0.0142. The average molecular weight is 370 g/mol. The number of nitrogens with two attached hydrogens (primary N) is 1. The molecule has 3 N–H and O–H groups in total. The molecule has 4 rings (SSSR count). The van der Waals surface area contributed by atoms with E-state index in [1.807, 2.05) is 12.1 Å². The van der Waals surface area contributed by atoms with Crippen LogP contribution in [0.3, 0.4) is 0 Å².